The number of sulfonamides is 1. The van der Waals surface area contributed by atoms with Gasteiger partial charge in [-0.1, -0.05) is 11.6 Å². The Morgan fingerprint density at radius 2 is 2.25 bits per heavy atom. The van der Waals surface area contributed by atoms with E-state index in [9.17, 15) is 8.42 Å². The van der Waals surface area contributed by atoms with Gasteiger partial charge in [-0.15, -0.1) is 0 Å². The van der Waals surface area contributed by atoms with E-state index in [1.54, 1.807) is 13.0 Å². The van der Waals surface area contributed by atoms with E-state index in [-0.39, 0.29) is 17.4 Å². The normalized spacial score (nSPS) is 19.4. The predicted octanol–water partition coefficient (Wildman–Crippen LogP) is 1.42. The highest BCUT2D eigenvalue weighted by molar-refractivity contribution is 7.89. The van der Waals surface area contributed by atoms with Gasteiger partial charge >= 0.3 is 0 Å². The minimum Gasteiger partial charge on any atom is -0.381 e. The molecular weight excluding hydrogens is 300 g/mol. The van der Waals surface area contributed by atoms with Crippen molar-refractivity contribution in [1.29, 1.82) is 0 Å². The summed E-state index contributed by atoms with van der Waals surface area (Å²) in [6.45, 7) is 3.67. The van der Waals surface area contributed by atoms with Gasteiger partial charge in [-0.3, -0.25) is 0 Å². The average molecular weight is 319 g/mol. The molecule has 1 aromatic carbocycles. The number of nitrogens with two attached hydrogens (primary N) is 1. The van der Waals surface area contributed by atoms with Crippen LogP contribution in [0.3, 0.4) is 0 Å². The molecule has 0 saturated carbocycles. The van der Waals surface area contributed by atoms with E-state index in [1.807, 2.05) is 0 Å². The molecule has 1 aromatic rings. The largest absolute Gasteiger partial charge is 0.381 e. The van der Waals surface area contributed by atoms with Gasteiger partial charge < -0.3 is 10.5 Å². The molecule has 1 heterocycles. The van der Waals surface area contributed by atoms with Gasteiger partial charge in [0.15, 0.2) is 0 Å². The van der Waals surface area contributed by atoms with Crippen LogP contribution in [0.4, 0.5) is 0 Å². The van der Waals surface area contributed by atoms with Crippen molar-refractivity contribution < 1.29 is 13.2 Å². The molecule has 1 saturated heterocycles. The quantitative estimate of drug-likeness (QED) is 0.860. The first-order valence-electron chi connectivity index (χ1n) is 6.50. The zero-order chi connectivity index (χ0) is 14.8. The molecular formula is C13H19ClN2O3S. The lowest BCUT2D eigenvalue weighted by atomic mass is 10.1. The van der Waals surface area contributed by atoms with Crippen molar-refractivity contribution in [1.82, 2.24) is 4.72 Å². The predicted molar refractivity (Wildman–Crippen MR) is 78.2 cm³/mol. The molecule has 1 aliphatic rings. The van der Waals surface area contributed by atoms with Crippen LogP contribution in [0, 0.1) is 12.8 Å². The molecule has 1 aliphatic heterocycles. The van der Waals surface area contributed by atoms with Crippen molar-refractivity contribution in [3.8, 4) is 0 Å². The lowest BCUT2D eigenvalue weighted by Gasteiger charge is -2.14. The number of benzene rings is 1. The van der Waals surface area contributed by atoms with Crippen molar-refractivity contribution in [2.24, 2.45) is 11.7 Å². The number of ether oxygens (including phenoxy) is 1. The van der Waals surface area contributed by atoms with Crippen LogP contribution in [0.2, 0.25) is 5.02 Å². The maximum atomic E-state index is 12.4. The molecule has 0 spiro atoms. The second-order valence-electron chi connectivity index (χ2n) is 4.97. The van der Waals surface area contributed by atoms with Crippen LogP contribution in [0.15, 0.2) is 17.0 Å². The van der Waals surface area contributed by atoms with E-state index in [0.29, 0.717) is 30.3 Å². The summed E-state index contributed by atoms with van der Waals surface area (Å²) in [6, 6.07) is 3.16. The van der Waals surface area contributed by atoms with Gasteiger partial charge in [0, 0.05) is 24.7 Å². The lowest BCUT2D eigenvalue weighted by Crippen LogP contribution is -2.30. The Morgan fingerprint density at radius 1 is 1.50 bits per heavy atom. The van der Waals surface area contributed by atoms with Gasteiger partial charge in [-0.2, -0.15) is 0 Å². The minimum atomic E-state index is -3.58. The molecule has 1 fully saturated rings. The standard InChI is InChI=1S/C13H19ClN2O3S/c1-9-11(6-15)4-12(14)5-13(9)20(17,18)16-7-10-2-3-19-8-10/h4-5,10,16H,2-3,6-8,15H2,1H3. The molecule has 1 atom stereocenters. The molecule has 0 amide bonds. The van der Waals surface area contributed by atoms with Crippen LogP contribution >= 0.6 is 11.6 Å². The van der Waals surface area contributed by atoms with E-state index in [2.05, 4.69) is 4.72 Å². The van der Waals surface area contributed by atoms with Crippen LogP contribution in [0.5, 0.6) is 0 Å². The molecule has 5 nitrogen and oxygen atoms in total. The van der Waals surface area contributed by atoms with Gasteiger partial charge in [-0.05, 0) is 42.5 Å². The molecule has 20 heavy (non-hydrogen) atoms. The second kappa shape index (κ2) is 6.41. The van der Waals surface area contributed by atoms with Crippen LogP contribution < -0.4 is 10.5 Å². The fraction of sp³-hybridized carbons (Fsp3) is 0.538. The molecule has 3 N–H and O–H groups in total. The molecule has 0 aromatic heterocycles. The summed E-state index contributed by atoms with van der Waals surface area (Å²) in [7, 11) is -3.58. The Bertz CT molecular complexity index is 584. The summed E-state index contributed by atoms with van der Waals surface area (Å²) in [5, 5.41) is 0.376. The Balaban J connectivity index is 2.22. The third kappa shape index (κ3) is 3.51. The fourth-order valence-corrected chi connectivity index (χ4v) is 3.98. The van der Waals surface area contributed by atoms with E-state index in [4.69, 9.17) is 22.1 Å². The highest BCUT2D eigenvalue weighted by Gasteiger charge is 2.22. The van der Waals surface area contributed by atoms with Crippen LogP contribution in [0.1, 0.15) is 17.5 Å². The second-order valence-corrected chi connectivity index (χ2v) is 7.15. The van der Waals surface area contributed by atoms with Gasteiger partial charge in [0.25, 0.3) is 0 Å². The van der Waals surface area contributed by atoms with Gasteiger partial charge in [-0.25, -0.2) is 13.1 Å². The maximum Gasteiger partial charge on any atom is 0.240 e. The third-order valence-electron chi connectivity index (χ3n) is 3.53. The SMILES string of the molecule is Cc1c(CN)cc(Cl)cc1S(=O)(=O)NCC1CCOC1. The topological polar surface area (TPSA) is 81.4 Å². The van der Waals surface area contributed by atoms with Crippen molar-refractivity contribution in [3.05, 3.63) is 28.3 Å². The first kappa shape index (κ1) is 15.7. The summed E-state index contributed by atoms with van der Waals surface area (Å²) < 4.78 is 32.6. The van der Waals surface area contributed by atoms with E-state index in [0.717, 1.165) is 12.0 Å². The molecule has 0 radical (unpaired) electrons. The maximum absolute atomic E-state index is 12.4. The number of hydrogen-bond acceptors (Lipinski definition) is 4. The molecule has 1 unspecified atom stereocenters. The molecule has 0 bridgehead atoms. The Morgan fingerprint density at radius 3 is 2.85 bits per heavy atom. The van der Waals surface area contributed by atoms with E-state index in [1.165, 1.54) is 6.07 Å². The minimum absolute atomic E-state index is 0.198. The number of halogens is 1. The van der Waals surface area contributed by atoms with Crippen LogP contribution in [-0.2, 0) is 21.3 Å². The zero-order valence-corrected chi connectivity index (χ0v) is 12.9. The summed E-state index contributed by atoms with van der Waals surface area (Å²) in [4.78, 5) is 0.198. The van der Waals surface area contributed by atoms with Gasteiger partial charge in [0.1, 0.15) is 0 Å². The smallest absolute Gasteiger partial charge is 0.240 e. The average Bonchev–Trinajstić information content (AvgIpc) is 2.92. The van der Waals surface area contributed by atoms with Crippen LogP contribution in [0.25, 0.3) is 0 Å². The highest BCUT2D eigenvalue weighted by atomic mass is 35.5. The summed E-state index contributed by atoms with van der Waals surface area (Å²) in [5.74, 6) is 0.234. The molecule has 2 rings (SSSR count). The lowest BCUT2D eigenvalue weighted by molar-refractivity contribution is 0.186. The highest BCUT2D eigenvalue weighted by Crippen LogP contribution is 2.24. The first-order valence-corrected chi connectivity index (χ1v) is 8.36. The van der Waals surface area contributed by atoms with Crippen molar-refractivity contribution >= 4 is 21.6 Å². The Hall–Kier alpha value is -0.660. The number of nitrogens with one attached hydrogen (secondary N) is 1. The summed E-state index contributed by atoms with van der Waals surface area (Å²) in [5.41, 5.74) is 7.00. The third-order valence-corrected chi connectivity index (χ3v) is 5.30. The van der Waals surface area contributed by atoms with Crippen molar-refractivity contribution in [3.63, 3.8) is 0 Å². The van der Waals surface area contributed by atoms with Gasteiger partial charge in [0.2, 0.25) is 10.0 Å². The van der Waals surface area contributed by atoms with Crippen molar-refractivity contribution in [2.45, 2.75) is 24.8 Å². The summed E-state index contributed by atoms with van der Waals surface area (Å²) in [6.07, 6.45) is 0.880. The van der Waals surface area contributed by atoms with E-state index >= 15 is 0 Å². The number of rotatable bonds is 5. The van der Waals surface area contributed by atoms with Gasteiger partial charge in [0.05, 0.1) is 11.5 Å². The molecule has 7 heteroatoms. The fourth-order valence-electron chi connectivity index (χ4n) is 2.25. The monoisotopic (exact) mass is 318 g/mol. The number of hydrogen-bond donors (Lipinski definition) is 2. The Labute approximate surface area is 124 Å². The van der Waals surface area contributed by atoms with Crippen LogP contribution in [-0.4, -0.2) is 28.2 Å². The summed E-state index contributed by atoms with van der Waals surface area (Å²) >= 11 is 5.97. The molecule has 112 valence electrons. The Kier molecular flexibility index (Phi) is 5.04. The van der Waals surface area contributed by atoms with Crippen molar-refractivity contribution in [2.75, 3.05) is 19.8 Å². The first-order chi connectivity index (χ1) is 9.44. The van der Waals surface area contributed by atoms with E-state index < -0.39 is 10.0 Å². The molecule has 0 aliphatic carbocycles. The zero-order valence-electron chi connectivity index (χ0n) is 11.4.